The van der Waals surface area contributed by atoms with Crippen molar-refractivity contribution in [3.05, 3.63) is 0 Å². The summed E-state index contributed by atoms with van der Waals surface area (Å²) in [5.74, 6) is 1.92. The molecule has 0 bridgehead atoms. The van der Waals surface area contributed by atoms with E-state index in [0.717, 1.165) is 11.8 Å². The standard InChI is InChI=1S/C12H23N/c13-12(11-6-3-7-11)9-8-10-4-1-2-5-10/h10-12H,1-9,13H2. The van der Waals surface area contributed by atoms with Crippen LogP contribution in [0.5, 0.6) is 0 Å². The van der Waals surface area contributed by atoms with E-state index in [1.54, 1.807) is 0 Å². The smallest absolute Gasteiger partial charge is 0.00672 e. The lowest BCUT2D eigenvalue weighted by Gasteiger charge is -2.31. The highest BCUT2D eigenvalue weighted by Crippen LogP contribution is 2.33. The van der Waals surface area contributed by atoms with Gasteiger partial charge in [0.15, 0.2) is 0 Å². The van der Waals surface area contributed by atoms with Crippen LogP contribution in [0, 0.1) is 11.8 Å². The predicted molar refractivity (Wildman–Crippen MR) is 56.5 cm³/mol. The van der Waals surface area contributed by atoms with Gasteiger partial charge in [0.05, 0.1) is 0 Å². The van der Waals surface area contributed by atoms with Gasteiger partial charge in [-0.15, -0.1) is 0 Å². The molecule has 0 aromatic rings. The summed E-state index contributed by atoms with van der Waals surface area (Å²) in [6, 6.07) is 0.536. The molecule has 2 aliphatic rings. The normalized spacial score (nSPS) is 27.5. The minimum Gasteiger partial charge on any atom is -0.327 e. The number of hydrogen-bond acceptors (Lipinski definition) is 1. The van der Waals surface area contributed by atoms with Crippen LogP contribution in [-0.2, 0) is 0 Å². The minimum atomic E-state index is 0.536. The average Bonchev–Trinajstić information content (AvgIpc) is 2.49. The van der Waals surface area contributed by atoms with Gasteiger partial charge in [-0.05, 0) is 37.5 Å². The third-order valence-electron chi connectivity index (χ3n) is 4.14. The third-order valence-corrected chi connectivity index (χ3v) is 4.14. The zero-order chi connectivity index (χ0) is 9.10. The summed E-state index contributed by atoms with van der Waals surface area (Å²) in [6.45, 7) is 0. The quantitative estimate of drug-likeness (QED) is 0.708. The summed E-state index contributed by atoms with van der Waals surface area (Å²) in [4.78, 5) is 0. The molecule has 2 rings (SSSR count). The van der Waals surface area contributed by atoms with Gasteiger partial charge in [-0.1, -0.05) is 32.1 Å². The molecular weight excluding hydrogens is 158 g/mol. The molecule has 0 aromatic carbocycles. The fourth-order valence-corrected chi connectivity index (χ4v) is 2.83. The summed E-state index contributed by atoms with van der Waals surface area (Å²) in [7, 11) is 0. The molecule has 2 saturated carbocycles. The molecule has 1 unspecified atom stereocenters. The van der Waals surface area contributed by atoms with Crippen LogP contribution in [0.4, 0.5) is 0 Å². The van der Waals surface area contributed by atoms with Crippen LogP contribution in [0.15, 0.2) is 0 Å². The Morgan fingerprint density at radius 1 is 1.00 bits per heavy atom. The van der Waals surface area contributed by atoms with Gasteiger partial charge in [0.25, 0.3) is 0 Å². The topological polar surface area (TPSA) is 26.0 Å². The third kappa shape index (κ3) is 2.46. The second-order valence-corrected chi connectivity index (χ2v) is 5.08. The molecule has 0 radical (unpaired) electrons. The summed E-state index contributed by atoms with van der Waals surface area (Å²) in [5.41, 5.74) is 6.16. The van der Waals surface area contributed by atoms with Crippen molar-refractivity contribution in [2.24, 2.45) is 17.6 Å². The lowest BCUT2D eigenvalue weighted by Crippen LogP contribution is -2.34. The predicted octanol–water partition coefficient (Wildman–Crippen LogP) is 3.08. The maximum atomic E-state index is 6.16. The Labute approximate surface area is 82.1 Å². The molecule has 2 fully saturated rings. The Balaban J connectivity index is 1.60. The molecule has 13 heavy (non-hydrogen) atoms. The largest absolute Gasteiger partial charge is 0.327 e. The molecule has 0 aliphatic heterocycles. The van der Waals surface area contributed by atoms with Crippen LogP contribution in [0.1, 0.15) is 57.8 Å². The number of rotatable bonds is 4. The van der Waals surface area contributed by atoms with Crippen molar-refractivity contribution in [2.45, 2.75) is 63.8 Å². The number of nitrogens with two attached hydrogens (primary N) is 1. The molecule has 1 heteroatoms. The lowest BCUT2D eigenvalue weighted by atomic mass is 9.78. The first kappa shape index (κ1) is 9.51. The minimum absolute atomic E-state index is 0.536. The SMILES string of the molecule is NC(CCC1CCCC1)C1CCC1. The molecule has 1 atom stereocenters. The molecule has 0 aromatic heterocycles. The summed E-state index contributed by atoms with van der Waals surface area (Å²) in [6.07, 6.45) is 12.9. The molecule has 0 spiro atoms. The van der Waals surface area contributed by atoms with E-state index in [2.05, 4.69) is 0 Å². The van der Waals surface area contributed by atoms with Gasteiger partial charge in [-0.2, -0.15) is 0 Å². The fourth-order valence-electron chi connectivity index (χ4n) is 2.83. The highest BCUT2D eigenvalue weighted by atomic mass is 14.7. The second-order valence-electron chi connectivity index (χ2n) is 5.08. The van der Waals surface area contributed by atoms with Crippen molar-refractivity contribution in [1.29, 1.82) is 0 Å². The Hall–Kier alpha value is -0.0400. The van der Waals surface area contributed by atoms with Crippen molar-refractivity contribution < 1.29 is 0 Å². The van der Waals surface area contributed by atoms with E-state index in [-0.39, 0.29) is 0 Å². The molecule has 0 amide bonds. The van der Waals surface area contributed by atoms with E-state index in [9.17, 15) is 0 Å². The van der Waals surface area contributed by atoms with Gasteiger partial charge in [0, 0.05) is 6.04 Å². The van der Waals surface area contributed by atoms with E-state index in [1.165, 1.54) is 57.8 Å². The monoisotopic (exact) mass is 181 g/mol. The van der Waals surface area contributed by atoms with E-state index in [0.29, 0.717) is 6.04 Å². The van der Waals surface area contributed by atoms with Crippen LogP contribution >= 0.6 is 0 Å². The summed E-state index contributed by atoms with van der Waals surface area (Å²) in [5, 5.41) is 0. The highest BCUT2D eigenvalue weighted by Gasteiger charge is 2.25. The van der Waals surface area contributed by atoms with E-state index in [4.69, 9.17) is 5.73 Å². The molecular formula is C12H23N. The lowest BCUT2D eigenvalue weighted by molar-refractivity contribution is 0.242. The van der Waals surface area contributed by atoms with Gasteiger partial charge >= 0.3 is 0 Å². The first-order chi connectivity index (χ1) is 6.36. The maximum Gasteiger partial charge on any atom is 0.00672 e. The van der Waals surface area contributed by atoms with Crippen LogP contribution in [-0.4, -0.2) is 6.04 Å². The Kier molecular flexibility index (Phi) is 3.26. The molecule has 0 heterocycles. The van der Waals surface area contributed by atoms with Gasteiger partial charge < -0.3 is 5.73 Å². The van der Waals surface area contributed by atoms with Gasteiger partial charge in [-0.25, -0.2) is 0 Å². The fraction of sp³-hybridized carbons (Fsp3) is 1.00. The van der Waals surface area contributed by atoms with Gasteiger partial charge in [0.1, 0.15) is 0 Å². The first-order valence-electron chi connectivity index (χ1n) is 6.12. The van der Waals surface area contributed by atoms with Crippen molar-refractivity contribution >= 4 is 0 Å². The van der Waals surface area contributed by atoms with E-state index in [1.807, 2.05) is 0 Å². The Bertz CT molecular complexity index is 145. The van der Waals surface area contributed by atoms with Crippen LogP contribution in [0.2, 0.25) is 0 Å². The van der Waals surface area contributed by atoms with Crippen molar-refractivity contribution in [2.75, 3.05) is 0 Å². The Morgan fingerprint density at radius 2 is 1.69 bits per heavy atom. The van der Waals surface area contributed by atoms with Crippen LogP contribution in [0.3, 0.4) is 0 Å². The molecule has 2 aliphatic carbocycles. The number of hydrogen-bond donors (Lipinski definition) is 1. The average molecular weight is 181 g/mol. The van der Waals surface area contributed by atoms with Gasteiger partial charge in [0.2, 0.25) is 0 Å². The molecule has 1 nitrogen and oxygen atoms in total. The summed E-state index contributed by atoms with van der Waals surface area (Å²) >= 11 is 0. The highest BCUT2D eigenvalue weighted by molar-refractivity contribution is 4.81. The zero-order valence-corrected chi connectivity index (χ0v) is 8.67. The zero-order valence-electron chi connectivity index (χ0n) is 8.67. The molecule has 76 valence electrons. The molecule has 0 saturated heterocycles. The summed E-state index contributed by atoms with van der Waals surface area (Å²) < 4.78 is 0. The first-order valence-corrected chi connectivity index (χ1v) is 6.12. The van der Waals surface area contributed by atoms with Gasteiger partial charge in [-0.3, -0.25) is 0 Å². The van der Waals surface area contributed by atoms with Crippen LogP contribution < -0.4 is 5.73 Å². The van der Waals surface area contributed by atoms with Crippen LogP contribution in [0.25, 0.3) is 0 Å². The Morgan fingerprint density at radius 3 is 2.23 bits per heavy atom. The van der Waals surface area contributed by atoms with Crippen molar-refractivity contribution in [1.82, 2.24) is 0 Å². The van der Waals surface area contributed by atoms with Crippen molar-refractivity contribution in [3.63, 3.8) is 0 Å². The second kappa shape index (κ2) is 4.45. The van der Waals surface area contributed by atoms with E-state index < -0.39 is 0 Å². The maximum absolute atomic E-state index is 6.16. The van der Waals surface area contributed by atoms with E-state index >= 15 is 0 Å². The van der Waals surface area contributed by atoms with Crippen molar-refractivity contribution in [3.8, 4) is 0 Å². The molecule has 2 N–H and O–H groups in total.